The Morgan fingerprint density at radius 3 is 2.96 bits per heavy atom. The molecule has 1 aliphatic carbocycles. The Kier molecular flexibility index (Phi) is 4.29. The van der Waals surface area contributed by atoms with Crippen LogP contribution in [0.15, 0.2) is 10.6 Å². The van der Waals surface area contributed by atoms with Crippen LogP contribution in [-0.4, -0.2) is 40.0 Å². The number of carbonyl (C=O) groups excluding carboxylic acids is 3. The average Bonchev–Trinajstić information content (AvgIpc) is 3.06. The number of hydrogen-bond acceptors (Lipinski definition) is 6. The molecule has 130 valence electrons. The lowest BCUT2D eigenvalue weighted by Gasteiger charge is -2.36. The summed E-state index contributed by atoms with van der Waals surface area (Å²) in [5.41, 5.74) is -0.380. The number of aryl methyl sites for hydroxylation is 1. The number of esters is 1. The molecule has 1 aromatic rings. The summed E-state index contributed by atoms with van der Waals surface area (Å²) in [7, 11) is 0. The number of aromatic nitrogens is 1. The van der Waals surface area contributed by atoms with E-state index in [2.05, 4.69) is 10.5 Å². The van der Waals surface area contributed by atoms with Crippen LogP contribution in [0.5, 0.6) is 0 Å². The van der Waals surface area contributed by atoms with Crippen molar-refractivity contribution in [1.82, 2.24) is 15.4 Å². The fraction of sp³-hybridized carbons (Fsp3) is 0.625. The van der Waals surface area contributed by atoms with Gasteiger partial charge in [0.15, 0.2) is 0 Å². The van der Waals surface area contributed by atoms with E-state index in [4.69, 9.17) is 9.26 Å². The molecule has 2 atom stereocenters. The van der Waals surface area contributed by atoms with Crippen molar-refractivity contribution in [3.63, 3.8) is 0 Å². The van der Waals surface area contributed by atoms with Gasteiger partial charge < -0.3 is 14.6 Å². The van der Waals surface area contributed by atoms with Gasteiger partial charge >= 0.3 is 12.0 Å². The van der Waals surface area contributed by atoms with E-state index < -0.39 is 24.1 Å². The third-order valence-corrected chi connectivity index (χ3v) is 4.85. The molecular weight excluding hydrogens is 314 g/mol. The fourth-order valence-corrected chi connectivity index (χ4v) is 3.45. The standard InChI is InChI=1S/C16H21N3O5/c1-10-5-3-4-6-16(10)14(21)19(15(22)17-16)8-13(20)23-9-12-7-11(2)24-18-12/h7,10H,3-6,8-9H2,1-2H3,(H,17,22)/t10-,16-/m1/s1. The van der Waals surface area contributed by atoms with Crippen LogP contribution in [0, 0.1) is 12.8 Å². The molecule has 1 N–H and O–H groups in total. The molecule has 0 bridgehead atoms. The topological polar surface area (TPSA) is 102 Å². The summed E-state index contributed by atoms with van der Waals surface area (Å²) < 4.78 is 9.95. The zero-order valence-corrected chi connectivity index (χ0v) is 13.8. The normalized spacial score (nSPS) is 26.8. The highest BCUT2D eigenvalue weighted by Gasteiger charge is 2.55. The fourth-order valence-electron chi connectivity index (χ4n) is 3.45. The molecule has 1 spiro atoms. The van der Waals surface area contributed by atoms with Crippen LogP contribution in [-0.2, 0) is 20.9 Å². The van der Waals surface area contributed by atoms with Crippen molar-refractivity contribution in [3.8, 4) is 0 Å². The molecule has 1 aromatic heterocycles. The van der Waals surface area contributed by atoms with E-state index in [1.54, 1.807) is 13.0 Å². The summed E-state index contributed by atoms with van der Waals surface area (Å²) in [6.07, 6.45) is 3.43. The molecule has 1 saturated carbocycles. The monoisotopic (exact) mass is 335 g/mol. The van der Waals surface area contributed by atoms with E-state index in [9.17, 15) is 14.4 Å². The maximum absolute atomic E-state index is 12.7. The number of nitrogens with zero attached hydrogens (tertiary/aromatic N) is 2. The molecule has 0 radical (unpaired) electrons. The predicted molar refractivity (Wildman–Crippen MR) is 81.6 cm³/mol. The van der Waals surface area contributed by atoms with Gasteiger partial charge in [-0.2, -0.15) is 0 Å². The zero-order chi connectivity index (χ0) is 17.3. The Labute approximate surface area is 139 Å². The Balaban J connectivity index is 1.61. The van der Waals surface area contributed by atoms with Gasteiger partial charge in [0.1, 0.15) is 30.1 Å². The van der Waals surface area contributed by atoms with Crippen molar-refractivity contribution in [1.29, 1.82) is 0 Å². The Hall–Kier alpha value is -2.38. The second kappa shape index (κ2) is 6.26. The molecular formula is C16H21N3O5. The second-order valence-electron chi connectivity index (χ2n) is 6.53. The van der Waals surface area contributed by atoms with Crippen LogP contribution in [0.3, 0.4) is 0 Å². The first-order chi connectivity index (χ1) is 11.4. The number of carbonyl (C=O) groups is 3. The van der Waals surface area contributed by atoms with Crippen LogP contribution < -0.4 is 5.32 Å². The van der Waals surface area contributed by atoms with Crippen LogP contribution >= 0.6 is 0 Å². The highest BCUT2D eigenvalue weighted by atomic mass is 16.5. The molecule has 1 saturated heterocycles. The van der Waals surface area contributed by atoms with E-state index in [0.29, 0.717) is 17.9 Å². The first-order valence-electron chi connectivity index (χ1n) is 8.14. The highest BCUT2D eigenvalue weighted by Crippen LogP contribution is 2.38. The molecule has 2 heterocycles. The van der Waals surface area contributed by atoms with Crippen LogP contribution in [0.1, 0.15) is 44.1 Å². The second-order valence-corrected chi connectivity index (χ2v) is 6.53. The van der Waals surface area contributed by atoms with Crippen molar-refractivity contribution in [2.45, 2.75) is 51.7 Å². The van der Waals surface area contributed by atoms with Crippen LogP contribution in [0.2, 0.25) is 0 Å². The van der Waals surface area contributed by atoms with Crippen LogP contribution in [0.4, 0.5) is 4.79 Å². The lowest BCUT2D eigenvalue weighted by atomic mass is 9.73. The van der Waals surface area contributed by atoms with Gasteiger partial charge in [-0.05, 0) is 25.7 Å². The van der Waals surface area contributed by atoms with E-state index in [0.717, 1.165) is 24.2 Å². The summed E-state index contributed by atoms with van der Waals surface area (Å²) in [5, 5.41) is 6.52. The van der Waals surface area contributed by atoms with Gasteiger partial charge in [-0.1, -0.05) is 24.9 Å². The minimum Gasteiger partial charge on any atom is -0.458 e. The predicted octanol–water partition coefficient (Wildman–Crippen LogP) is 1.53. The molecule has 3 amide bonds. The lowest BCUT2D eigenvalue weighted by molar-refractivity contribution is -0.149. The number of nitrogens with one attached hydrogen (secondary N) is 1. The largest absolute Gasteiger partial charge is 0.458 e. The van der Waals surface area contributed by atoms with Gasteiger partial charge in [0.25, 0.3) is 5.91 Å². The maximum atomic E-state index is 12.7. The van der Waals surface area contributed by atoms with Gasteiger partial charge in [0.05, 0.1) is 0 Å². The van der Waals surface area contributed by atoms with Gasteiger partial charge in [-0.3, -0.25) is 14.5 Å². The Bertz CT molecular complexity index is 670. The molecule has 24 heavy (non-hydrogen) atoms. The van der Waals surface area contributed by atoms with Gasteiger partial charge in [-0.25, -0.2) is 4.79 Å². The van der Waals surface area contributed by atoms with Gasteiger partial charge in [-0.15, -0.1) is 0 Å². The van der Waals surface area contributed by atoms with E-state index in [1.807, 2.05) is 6.92 Å². The van der Waals surface area contributed by atoms with E-state index >= 15 is 0 Å². The van der Waals surface area contributed by atoms with Crippen molar-refractivity contribution in [3.05, 3.63) is 17.5 Å². The van der Waals surface area contributed by atoms with Gasteiger partial charge in [0, 0.05) is 6.07 Å². The number of amides is 3. The third-order valence-electron chi connectivity index (χ3n) is 4.85. The van der Waals surface area contributed by atoms with Crippen molar-refractivity contribution < 1.29 is 23.6 Å². The molecule has 8 heteroatoms. The van der Waals surface area contributed by atoms with Crippen molar-refractivity contribution in [2.75, 3.05) is 6.54 Å². The van der Waals surface area contributed by atoms with Crippen molar-refractivity contribution in [2.24, 2.45) is 5.92 Å². The molecule has 8 nitrogen and oxygen atoms in total. The SMILES string of the molecule is Cc1cc(COC(=O)CN2C(=O)N[C@@]3(CCCC[C@H]3C)C2=O)no1. The molecule has 2 fully saturated rings. The summed E-state index contributed by atoms with van der Waals surface area (Å²) >= 11 is 0. The molecule has 3 rings (SSSR count). The number of urea groups is 1. The number of hydrogen-bond donors (Lipinski definition) is 1. The molecule has 0 aromatic carbocycles. The molecule has 0 unspecified atom stereocenters. The highest BCUT2D eigenvalue weighted by molar-refractivity contribution is 6.08. The molecule has 1 aliphatic heterocycles. The summed E-state index contributed by atoms with van der Waals surface area (Å²) in [5.74, 6) is -0.307. The van der Waals surface area contributed by atoms with E-state index in [-0.39, 0.29) is 18.4 Å². The zero-order valence-electron chi connectivity index (χ0n) is 13.8. The van der Waals surface area contributed by atoms with Crippen LogP contribution in [0.25, 0.3) is 0 Å². The number of imide groups is 1. The lowest BCUT2D eigenvalue weighted by Crippen LogP contribution is -2.54. The number of ether oxygens (including phenoxy) is 1. The average molecular weight is 335 g/mol. The number of rotatable bonds is 4. The van der Waals surface area contributed by atoms with Crippen molar-refractivity contribution >= 4 is 17.9 Å². The Morgan fingerprint density at radius 2 is 2.29 bits per heavy atom. The minimum absolute atomic E-state index is 0.0542. The van der Waals surface area contributed by atoms with E-state index in [1.165, 1.54) is 0 Å². The third kappa shape index (κ3) is 2.88. The van der Waals surface area contributed by atoms with Gasteiger partial charge in [0.2, 0.25) is 0 Å². The minimum atomic E-state index is -0.862. The summed E-state index contributed by atoms with van der Waals surface area (Å²) in [4.78, 5) is 37.8. The first-order valence-corrected chi connectivity index (χ1v) is 8.14. The molecule has 2 aliphatic rings. The maximum Gasteiger partial charge on any atom is 0.326 e. The first kappa shape index (κ1) is 16.5. The quantitative estimate of drug-likeness (QED) is 0.661. The summed E-state index contributed by atoms with van der Waals surface area (Å²) in [6, 6.07) is 1.13. The Morgan fingerprint density at radius 1 is 1.50 bits per heavy atom. The summed E-state index contributed by atoms with van der Waals surface area (Å²) in [6.45, 7) is 3.25. The smallest absolute Gasteiger partial charge is 0.326 e.